The SMILES string of the molecule is O=C(NCc1ccc(Cl)cc1Cl)Nc1cc(Cl)nc(Cl)c1. The maximum atomic E-state index is 11.8. The molecule has 0 aliphatic carbocycles. The van der Waals surface area contributed by atoms with E-state index in [0.29, 0.717) is 15.7 Å². The van der Waals surface area contributed by atoms with Gasteiger partial charge in [0.05, 0.1) is 0 Å². The van der Waals surface area contributed by atoms with Gasteiger partial charge in [-0.2, -0.15) is 0 Å². The molecule has 1 aromatic heterocycles. The van der Waals surface area contributed by atoms with Gasteiger partial charge in [0.1, 0.15) is 10.3 Å². The van der Waals surface area contributed by atoms with Gasteiger partial charge >= 0.3 is 6.03 Å². The highest BCUT2D eigenvalue weighted by atomic mass is 35.5. The predicted molar refractivity (Wildman–Crippen MR) is 86.6 cm³/mol. The van der Waals surface area contributed by atoms with Crippen molar-refractivity contribution in [3.8, 4) is 0 Å². The fourth-order valence-electron chi connectivity index (χ4n) is 1.55. The summed E-state index contributed by atoms with van der Waals surface area (Å²) >= 11 is 23.3. The fourth-order valence-corrected chi connectivity index (χ4v) is 2.49. The number of rotatable bonds is 3. The Balaban J connectivity index is 1.95. The molecule has 2 N–H and O–H groups in total. The molecule has 2 rings (SSSR count). The molecule has 2 aromatic rings. The van der Waals surface area contributed by atoms with E-state index in [9.17, 15) is 4.79 Å². The maximum absolute atomic E-state index is 11.8. The van der Waals surface area contributed by atoms with Crippen molar-refractivity contribution in [1.82, 2.24) is 10.3 Å². The van der Waals surface area contributed by atoms with Gasteiger partial charge in [0, 0.05) is 22.3 Å². The number of amides is 2. The number of urea groups is 1. The fraction of sp³-hybridized carbons (Fsp3) is 0.0769. The highest BCUT2D eigenvalue weighted by Gasteiger charge is 2.06. The molecular weight excluding hydrogens is 356 g/mol. The summed E-state index contributed by atoms with van der Waals surface area (Å²) in [4.78, 5) is 15.6. The van der Waals surface area contributed by atoms with E-state index in [2.05, 4.69) is 15.6 Å². The number of nitrogens with one attached hydrogen (secondary N) is 2. The lowest BCUT2D eigenvalue weighted by Crippen LogP contribution is -2.28. The van der Waals surface area contributed by atoms with Crippen molar-refractivity contribution in [3.05, 3.63) is 56.2 Å². The van der Waals surface area contributed by atoms with Gasteiger partial charge in [-0.3, -0.25) is 0 Å². The Hall–Kier alpha value is -1.20. The quantitative estimate of drug-likeness (QED) is 0.751. The van der Waals surface area contributed by atoms with Crippen LogP contribution in [-0.2, 0) is 6.54 Å². The van der Waals surface area contributed by atoms with Crippen molar-refractivity contribution in [3.63, 3.8) is 0 Å². The van der Waals surface area contributed by atoms with E-state index in [1.807, 2.05) is 0 Å². The van der Waals surface area contributed by atoms with Crippen LogP contribution in [0.4, 0.5) is 10.5 Å². The molecule has 0 bridgehead atoms. The molecule has 0 aliphatic rings. The lowest BCUT2D eigenvalue weighted by Gasteiger charge is -2.09. The van der Waals surface area contributed by atoms with E-state index in [-0.39, 0.29) is 16.9 Å². The second-order valence-corrected chi connectivity index (χ2v) is 5.66. The number of aromatic nitrogens is 1. The lowest BCUT2D eigenvalue weighted by molar-refractivity contribution is 0.252. The molecule has 21 heavy (non-hydrogen) atoms. The van der Waals surface area contributed by atoms with E-state index in [1.54, 1.807) is 18.2 Å². The van der Waals surface area contributed by atoms with E-state index < -0.39 is 6.03 Å². The summed E-state index contributed by atoms with van der Waals surface area (Å²) in [6.45, 7) is 0.258. The van der Waals surface area contributed by atoms with Crippen LogP contribution in [-0.4, -0.2) is 11.0 Å². The van der Waals surface area contributed by atoms with E-state index in [1.165, 1.54) is 12.1 Å². The summed E-state index contributed by atoms with van der Waals surface area (Å²) < 4.78 is 0. The summed E-state index contributed by atoms with van der Waals surface area (Å²) in [5, 5.41) is 6.67. The normalized spacial score (nSPS) is 10.3. The molecule has 110 valence electrons. The van der Waals surface area contributed by atoms with Gasteiger partial charge in [-0.25, -0.2) is 9.78 Å². The molecule has 1 aromatic carbocycles. The molecule has 0 radical (unpaired) electrons. The average molecular weight is 365 g/mol. The molecule has 0 aliphatic heterocycles. The van der Waals surface area contributed by atoms with Gasteiger partial charge in [0.2, 0.25) is 0 Å². The number of anilines is 1. The maximum Gasteiger partial charge on any atom is 0.319 e. The van der Waals surface area contributed by atoms with Gasteiger partial charge in [0.15, 0.2) is 0 Å². The monoisotopic (exact) mass is 363 g/mol. The third-order valence-electron chi connectivity index (χ3n) is 2.48. The number of hydrogen-bond acceptors (Lipinski definition) is 2. The third-order valence-corrected chi connectivity index (χ3v) is 3.45. The van der Waals surface area contributed by atoms with E-state index >= 15 is 0 Å². The van der Waals surface area contributed by atoms with Gasteiger partial charge in [-0.05, 0) is 29.8 Å². The summed E-state index contributed by atoms with van der Waals surface area (Å²) in [6, 6.07) is 7.61. The molecule has 0 spiro atoms. The minimum atomic E-state index is -0.417. The van der Waals surface area contributed by atoms with E-state index in [4.69, 9.17) is 46.4 Å². The van der Waals surface area contributed by atoms with Gasteiger partial charge in [0.25, 0.3) is 0 Å². The van der Waals surface area contributed by atoms with Crippen LogP contribution in [0.2, 0.25) is 20.4 Å². The first-order valence-electron chi connectivity index (χ1n) is 5.76. The number of pyridine rings is 1. The summed E-state index contributed by atoms with van der Waals surface area (Å²) in [5.74, 6) is 0. The molecular formula is C13H9Cl4N3O. The Labute approximate surface area is 141 Å². The van der Waals surface area contributed by atoms with Crippen LogP contribution < -0.4 is 10.6 Å². The van der Waals surface area contributed by atoms with Gasteiger partial charge in [-0.15, -0.1) is 0 Å². The number of nitrogens with zero attached hydrogens (tertiary/aromatic N) is 1. The standard InChI is InChI=1S/C13H9Cl4N3O/c14-8-2-1-7(10(15)3-8)6-18-13(21)19-9-4-11(16)20-12(17)5-9/h1-5H,6H2,(H2,18,19,20,21). The Bertz CT molecular complexity index is 658. The minimum Gasteiger partial charge on any atom is -0.334 e. The predicted octanol–water partition coefficient (Wildman–Crippen LogP) is 5.02. The highest BCUT2D eigenvalue weighted by Crippen LogP contribution is 2.21. The number of halogens is 4. The molecule has 0 atom stereocenters. The zero-order valence-electron chi connectivity index (χ0n) is 10.5. The Morgan fingerprint density at radius 1 is 1.05 bits per heavy atom. The molecule has 8 heteroatoms. The van der Waals surface area contributed by atoms with Crippen LogP contribution in [0.15, 0.2) is 30.3 Å². The van der Waals surface area contributed by atoms with Gasteiger partial charge in [-0.1, -0.05) is 52.5 Å². The van der Waals surface area contributed by atoms with Gasteiger partial charge < -0.3 is 10.6 Å². The first kappa shape index (κ1) is 16.2. The number of carbonyl (C=O) groups is 1. The second-order valence-electron chi connectivity index (χ2n) is 4.04. The first-order chi connectivity index (χ1) is 9.94. The largest absolute Gasteiger partial charge is 0.334 e. The van der Waals surface area contributed by atoms with Crippen molar-refractivity contribution in [2.45, 2.75) is 6.54 Å². The van der Waals surface area contributed by atoms with E-state index in [0.717, 1.165) is 5.56 Å². The molecule has 0 unspecified atom stereocenters. The Morgan fingerprint density at radius 2 is 1.71 bits per heavy atom. The van der Waals surface area contributed by atoms with Crippen LogP contribution in [0.1, 0.15) is 5.56 Å². The molecule has 1 heterocycles. The van der Waals surface area contributed by atoms with Crippen molar-refractivity contribution in [2.75, 3.05) is 5.32 Å². The average Bonchev–Trinajstić information content (AvgIpc) is 2.36. The topological polar surface area (TPSA) is 54.0 Å². The second kappa shape index (κ2) is 7.18. The summed E-state index contributed by atoms with van der Waals surface area (Å²) in [7, 11) is 0. The molecule has 0 saturated heterocycles. The summed E-state index contributed by atoms with van der Waals surface area (Å²) in [6.07, 6.45) is 0. The summed E-state index contributed by atoms with van der Waals surface area (Å²) in [5.41, 5.74) is 1.20. The minimum absolute atomic E-state index is 0.193. The van der Waals surface area contributed by atoms with Crippen LogP contribution >= 0.6 is 46.4 Å². The smallest absolute Gasteiger partial charge is 0.319 e. The highest BCUT2D eigenvalue weighted by molar-refractivity contribution is 6.35. The Morgan fingerprint density at radius 3 is 2.33 bits per heavy atom. The zero-order valence-corrected chi connectivity index (χ0v) is 13.5. The molecule has 0 saturated carbocycles. The van der Waals surface area contributed by atoms with Crippen molar-refractivity contribution in [1.29, 1.82) is 0 Å². The zero-order chi connectivity index (χ0) is 15.4. The molecule has 0 fully saturated rings. The molecule has 2 amide bonds. The number of carbonyl (C=O) groups excluding carboxylic acids is 1. The number of benzene rings is 1. The number of hydrogen-bond donors (Lipinski definition) is 2. The Kier molecular flexibility index (Phi) is 5.53. The first-order valence-corrected chi connectivity index (χ1v) is 7.27. The van der Waals surface area contributed by atoms with Crippen molar-refractivity contribution >= 4 is 58.1 Å². The molecule has 4 nitrogen and oxygen atoms in total. The van der Waals surface area contributed by atoms with Crippen LogP contribution in [0.25, 0.3) is 0 Å². The van der Waals surface area contributed by atoms with Crippen molar-refractivity contribution in [2.24, 2.45) is 0 Å². The third kappa shape index (κ3) is 4.93. The van der Waals surface area contributed by atoms with Crippen LogP contribution in [0.3, 0.4) is 0 Å². The van der Waals surface area contributed by atoms with Crippen molar-refractivity contribution < 1.29 is 4.79 Å². The van der Waals surface area contributed by atoms with Crippen LogP contribution in [0.5, 0.6) is 0 Å². The lowest BCUT2D eigenvalue weighted by atomic mass is 10.2. The van der Waals surface area contributed by atoms with Crippen LogP contribution in [0, 0.1) is 0 Å².